The fourth-order valence-corrected chi connectivity index (χ4v) is 5.79. The second-order valence-corrected chi connectivity index (χ2v) is 10.5. The van der Waals surface area contributed by atoms with Crippen molar-refractivity contribution in [2.24, 2.45) is 5.92 Å². The van der Waals surface area contributed by atoms with Gasteiger partial charge in [-0.3, -0.25) is 0 Å². The third-order valence-corrected chi connectivity index (χ3v) is 7.66. The largest absolute Gasteiger partial charge is 0.390 e. The van der Waals surface area contributed by atoms with Gasteiger partial charge in [0.05, 0.1) is 23.9 Å². The molecule has 2 atom stereocenters. The summed E-state index contributed by atoms with van der Waals surface area (Å²) in [6.45, 7) is 3.64. The highest BCUT2D eigenvalue weighted by molar-refractivity contribution is 5.72. The summed E-state index contributed by atoms with van der Waals surface area (Å²) >= 11 is 0. The van der Waals surface area contributed by atoms with Crippen molar-refractivity contribution in [2.45, 2.75) is 76.6 Å². The fraction of sp³-hybridized carbons (Fsp3) is 0.593. The lowest BCUT2D eigenvalue weighted by molar-refractivity contribution is -0.0295. The number of ether oxygens (including phenoxy) is 1. The van der Waals surface area contributed by atoms with E-state index in [1.807, 2.05) is 16.9 Å². The molecule has 34 heavy (non-hydrogen) atoms. The van der Waals surface area contributed by atoms with Gasteiger partial charge < -0.3 is 14.7 Å². The Balaban J connectivity index is 1.31. The summed E-state index contributed by atoms with van der Waals surface area (Å²) in [6.07, 6.45) is 15.3. The number of nitrogens with zero attached hydrogens (tertiary/aromatic N) is 5. The Morgan fingerprint density at radius 1 is 1.06 bits per heavy atom. The predicted octanol–water partition coefficient (Wildman–Crippen LogP) is 4.37. The number of hydrogen-bond acceptors (Lipinski definition) is 6. The Hall–Kier alpha value is -2.35. The van der Waals surface area contributed by atoms with E-state index in [4.69, 9.17) is 4.74 Å². The van der Waals surface area contributed by atoms with E-state index in [9.17, 15) is 5.11 Å². The van der Waals surface area contributed by atoms with Crippen molar-refractivity contribution in [3.8, 4) is 11.1 Å². The number of rotatable bonds is 7. The summed E-state index contributed by atoms with van der Waals surface area (Å²) in [6, 6.07) is 2.26. The van der Waals surface area contributed by atoms with E-state index in [0.717, 1.165) is 41.9 Å². The second kappa shape index (κ2) is 10.1. The molecule has 7 nitrogen and oxygen atoms in total. The van der Waals surface area contributed by atoms with E-state index in [2.05, 4.69) is 59.4 Å². The lowest BCUT2D eigenvalue weighted by Crippen LogP contribution is -2.25. The van der Waals surface area contributed by atoms with Crippen LogP contribution in [-0.2, 0) is 11.3 Å². The number of hydrogen-bond donors (Lipinski definition) is 1. The number of aliphatic hydroxyl groups excluding tert-OH is 1. The Labute approximate surface area is 202 Å². The summed E-state index contributed by atoms with van der Waals surface area (Å²) in [5.74, 6) is 2.04. The van der Waals surface area contributed by atoms with Gasteiger partial charge in [0, 0.05) is 36.3 Å². The number of aryl methyl sites for hydroxylation is 1. The first-order valence-corrected chi connectivity index (χ1v) is 12.7. The van der Waals surface area contributed by atoms with Crippen LogP contribution in [-0.4, -0.2) is 62.4 Å². The van der Waals surface area contributed by atoms with E-state index >= 15 is 0 Å². The summed E-state index contributed by atoms with van der Waals surface area (Å²) in [5.41, 5.74) is 5.86. The monoisotopic (exact) mass is 463 g/mol. The van der Waals surface area contributed by atoms with Gasteiger partial charge in [0.25, 0.3) is 0 Å². The van der Waals surface area contributed by atoms with E-state index in [1.54, 1.807) is 0 Å². The van der Waals surface area contributed by atoms with E-state index in [1.165, 1.54) is 43.3 Å². The van der Waals surface area contributed by atoms with Gasteiger partial charge in [-0.25, -0.2) is 14.5 Å². The van der Waals surface area contributed by atoms with Crippen molar-refractivity contribution in [1.82, 2.24) is 24.5 Å². The van der Waals surface area contributed by atoms with Crippen LogP contribution in [0.15, 0.2) is 30.9 Å². The Kier molecular flexibility index (Phi) is 6.95. The molecular weight excluding hydrogens is 426 g/mol. The second-order valence-electron chi connectivity index (χ2n) is 10.5. The molecule has 0 radical (unpaired) electrons. The SMILES string of the molecule is Cc1cn2ncc([C@H]3CC[C@H](CN(C)C)CC3)c2cc1-c1cnc(COC2CCCC2O)nc1. The first-order valence-electron chi connectivity index (χ1n) is 12.7. The highest BCUT2D eigenvalue weighted by atomic mass is 16.5. The maximum absolute atomic E-state index is 9.95. The maximum atomic E-state index is 9.95. The summed E-state index contributed by atoms with van der Waals surface area (Å²) in [4.78, 5) is 11.4. The van der Waals surface area contributed by atoms with Gasteiger partial charge >= 0.3 is 0 Å². The van der Waals surface area contributed by atoms with Crippen LogP contribution in [0.25, 0.3) is 16.6 Å². The van der Waals surface area contributed by atoms with Gasteiger partial charge in [0.15, 0.2) is 5.82 Å². The van der Waals surface area contributed by atoms with Crippen molar-refractivity contribution >= 4 is 5.52 Å². The Morgan fingerprint density at radius 2 is 1.82 bits per heavy atom. The topological polar surface area (TPSA) is 75.8 Å². The minimum absolute atomic E-state index is 0.0915. The molecule has 0 aliphatic heterocycles. The Morgan fingerprint density at radius 3 is 2.50 bits per heavy atom. The third-order valence-electron chi connectivity index (χ3n) is 7.66. The zero-order valence-corrected chi connectivity index (χ0v) is 20.7. The van der Waals surface area contributed by atoms with Gasteiger partial charge in [0.2, 0.25) is 0 Å². The molecular formula is C27H37N5O2. The highest BCUT2D eigenvalue weighted by Crippen LogP contribution is 2.38. The molecule has 2 fully saturated rings. The molecule has 2 aliphatic rings. The molecule has 2 unspecified atom stereocenters. The predicted molar refractivity (Wildman–Crippen MR) is 133 cm³/mol. The van der Waals surface area contributed by atoms with E-state index in [-0.39, 0.29) is 12.2 Å². The lowest BCUT2D eigenvalue weighted by atomic mass is 9.79. The molecule has 0 bridgehead atoms. The molecule has 0 saturated heterocycles. The summed E-state index contributed by atoms with van der Waals surface area (Å²) in [5, 5.41) is 14.6. The number of aromatic nitrogens is 4. The number of fused-ring (bicyclic) bond motifs is 1. The van der Waals surface area contributed by atoms with Gasteiger partial charge in [-0.15, -0.1) is 0 Å². The highest BCUT2D eigenvalue weighted by Gasteiger charge is 2.27. The summed E-state index contributed by atoms with van der Waals surface area (Å²) < 4.78 is 7.86. The van der Waals surface area contributed by atoms with Gasteiger partial charge in [-0.1, -0.05) is 0 Å². The normalized spacial score (nSPS) is 25.4. The van der Waals surface area contributed by atoms with Crippen LogP contribution in [0.1, 0.15) is 67.8 Å². The molecule has 0 spiro atoms. The molecule has 2 saturated carbocycles. The van der Waals surface area contributed by atoms with Crippen LogP contribution >= 0.6 is 0 Å². The van der Waals surface area contributed by atoms with Crippen molar-refractivity contribution in [1.29, 1.82) is 0 Å². The Bertz CT molecular complexity index is 1100. The molecule has 5 rings (SSSR count). The van der Waals surface area contributed by atoms with Crippen LogP contribution in [0.3, 0.4) is 0 Å². The van der Waals surface area contributed by atoms with Crippen molar-refractivity contribution in [2.75, 3.05) is 20.6 Å². The summed E-state index contributed by atoms with van der Waals surface area (Å²) in [7, 11) is 4.34. The minimum Gasteiger partial charge on any atom is -0.390 e. The average molecular weight is 464 g/mol. The quantitative estimate of drug-likeness (QED) is 0.561. The molecule has 7 heteroatoms. The molecule has 3 heterocycles. The molecule has 2 aliphatic carbocycles. The van der Waals surface area contributed by atoms with Crippen LogP contribution in [0.4, 0.5) is 0 Å². The van der Waals surface area contributed by atoms with Crippen LogP contribution in [0.5, 0.6) is 0 Å². The fourth-order valence-electron chi connectivity index (χ4n) is 5.79. The average Bonchev–Trinajstić information content (AvgIpc) is 3.43. The van der Waals surface area contributed by atoms with E-state index in [0.29, 0.717) is 18.3 Å². The van der Waals surface area contributed by atoms with E-state index < -0.39 is 0 Å². The van der Waals surface area contributed by atoms with Gasteiger partial charge in [0.1, 0.15) is 6.61 Å². The van der Waals surface area contributed by atoms with Gasteiger partial charge in [-0.2, -0.15) is 5.10 Å². The van der Waals surface area contributed by atoms with Crippen molar-refractivity contribution in [3.05, 3.63) is 47.8 Å². The molecule has 0 amide bonds. The first kappa shape index (κ1) is 23.4. The van der Waals surface area contributed by atoms with Crippen LogP contribution in [0.2, 0.25) is 0 Å². The standard InChI is InChI=1S/C27H37N5O2/c1-18-15-32-24(23(14-30-32)20-9-7-19(8-10-20)16-31(2)3)11-22(18)21-12-28-27(29-13-21)17-34-26-6-4-5-25(26)33/h11-15,19-20,25-26,33H,4-10,16-17H2,1-3H3/t19-,20-,25?,26?. The minimum atomic E-state index is -0.360. The molecule has 3 aromatic heterocycles. The lowest BCUT2D eigenvalue weighted by Gasteiger charge is -2.30. The first-order chi connectivity index (χ1) is 16.5. The van der Waals surface area contributed by atoms with Crippen LogP contribution < -0.4 is 0 Å². The van der Waals surface area contributed by atoms with Crippen molar-refractivity contribution < 1.29 is 9.84 Å². The molecule has 1 N–H and O–H groups in total. The third kappa shape index (κ3) is 5.02. The van der Waals surface area contributed by atoms with Gasteiger partial charge in [-0.05, 0) is 95.0 Å². The number of pyridine rings is 1. The smallest absolute Gasteiger partial charge is 0.153 e. The van der Waals surface area contributed by atoms with Crippen molar-refractivity contribution in [3.63, 3.8) is 0 Å². The zero-order chi connectivity index (χ0) is 23.7. The van der Waals surface area contributed by atoms with Crippen LogP contribution in [0, 0.1) is 12.8 Å². The zero-order valence-electron chi connectivity index (χ0n) is 20.7. The number of aliphatic hydroxyl groups is 1. The molecule has 3 aromatic rings. The maximum Gasteiger partial charge on any atom is 0.153 e. The molecule has 182 valence electrons. The molecule has 0 aromatic carbocycles.